The zero-order valence-corrected chi connectivity index (χ0v) is 9.46. The van der Waals surface area contributed by atoms with E-state index in [1.807, 2.05) is 0 Å². The Morgan fingerprint density at radius 3 is 2.39 bits per heavy atom. The highest BCUT2D eigenvalue weighted by atomic mass is 19.4. The third-order valence-electron chi connectivity index (χ3n) is 1.87. The molecule has 5 nitrogen and oxygen atoms in total. The summed E-state index contributed by atoms with van der Waals surface area (Å²) in [7, 11) is 0.974. The lowest BCUT2D eigenvalue weighted by molar-refractivity contribution is -0.153. The van der Waals surface area contributed by atoms with E-state index in [4.69, 9.17) is 0 Å². The normalized spacial score (nSPS) is 11.2. The van der Waals surface area contributed by atoms with Gasteiger partial charge in [-0.3, -0.25) is 0 Å². The number of carbonyl (C=O) groups is 2. The highest BCUT2D eigenvalue weighted by Crippen LogP contribution is 2.34. The molecule has 0 bridgehead atoms. The fourth-order valence-electron chi connectivity index (χ4n) is 1.16. The summed E-state index contributed by atoms with van der Waals surface area (Å²) in [6, 6.07) is 0.645. The fraction of sp³-hybridized carbons (Fsp3) is 0.400. The van der Waals surface area contributed by atoms with Crippen LogP contribution in [-0.4, -0.2) is 25.7 Å². The van der Waals surface area contributed by atoms with Gasteiger partial charge in [0, 0.05) is 6.07 Å². The molecule has 1 aromatic rings. The molecule has 0 atom stereocenters. The molecule has 0 saturated heterocycles. The Morgan fingerprint density at radius 1 is 1.33 bits per heavy atom. The smallest absolute Gasteiger partial charge is 0.450 e. The Bertz CT molecular complexity index is 461. The minimum atomic E-state index is -4.91. The number of ether oxygens (including phenoxy) is 2. The number of rotatable bonds is 3. The number of hydrogen-bond donors (Lipinski definition) is 0. The van der Waals surface area contributed by atoms with Crippen LogP contribution in [0.3, 0.4) is 0 Å². The number of furan rings is 1. The Balaban J connectivity index is 3.26. The van der Waals surface area contributed by atoms with Gasteiger partial charge >= 0.3 is 18.1 Å². The van der Waals surface area contributed by atoms with Crippen molar-refractivity contribution < 1.29 is 36.7 Å². The first-order valence-electron chi connectivity index (χ1n) is 4.77. The molecule has 0 spiro atoms. The molecule has 0 fully saturated rings. The molecule has 18 heavy (non-hydrogen) atoms. The molecule has 0 N–H and O–H groups in total. The second kappa shape index (κ2) is 5.11. The van der Waals surface area contributed by atoms with E-state index in [9.17, 15) is 22.8 Å². The van der Waals surface area contributed by atoms with Crippen molar-refractivity contribution in [3.63, 3.8) is 0 Å². The molecule has 0 unspecified atom stereocenters. The monoisotopic (exact) mass is 266 g/mol. The van der Waals surface area contributed by atoms with Gasteiger partial charge < -0.3 is 13.9 Å². The maximum absolute atomic E-state index is 12.6. The zero-order chi connectivity index (χ0) is 13.9. The number of esters is 2. The molecule has 100 valence electrons. The molecule has 1 heterocycles. The van der Waals surface area contributed by atoms with Crippen molar-refractivity contribution in [2.75, 3.05) is 13.7 Å². The van der Waals surface area contributed by atoms with Gasteiger partial charge in [0.05, 0.1) is 13.7 Å². The van der Waals surface area contributed by atoms with E-state index in [1.165, 1.54) is 6.92 Å². The molecule has 1 aromatic heterocycles. The first kappa shape index (κ1) is 14.1. The SMILES string of the molecule is CCOC(=O)c1cc(C(=O)OC)oc1C(F)(F)F. The number of methoxy groups -OCH3 is 1. The highest BCUT2D eigenvalue weighted by molar-refractivity contribution is 5.95. The van der Waals surface area contributed by atoms with Crippen LogP contribution in [0.15, 0.2) is 10.5 Å². The van der Waals surface area contributed by atoms with Crippen molar-refractivity contribution >= 4 is 11.9 Å². The molecule has 0 radical (unpaired) electrons. The van der Waals surface area contributed by atoms with Gasteiger partial charge in [0.15, 0.2) is 0 Å². The Kier molecular flexibility index (Phi) is 4.00. The largest absolute Gasteiger partial charge is 0.463 e. The molecular formula is C10H9F3O5. The van der Waals surface area contributed by atoms with E-state index in [0.717, 1.165) is 7.11 Å². The van der Waals surface area contributed by atoms with E-state index < -0.39 is 35.2 Å². The summed E-state index contributed by atoms with van der Waals surface area (Å²) in [5, 5.41) is 0. The van der Waals surface area contributed by atoms with Crippen LogP contribution < -0.4 is 0 Å². The molecule has 0 saturated carbocycles. The number of alkyl halides is 3. The van der Waals surface area contributed by atoms with Crippen LogP contribution in [0.5, 0.6) is 0 Å². The average molecular weight is 266 g/mol. The summed E-state index contributed by atoms with van der Waals surface area (Å²) in [5.41, 5.74) is -0.857. The second-order valence-electron chi connectivity index (χ2n) is 3.06. The molecule has 0 aliphatic heterocycles. The lowest BCUT2D eigenvalue weighted by atomic mass is 10.2. The molecule has 8 heteroatoms. The van der Waals surface area contributed by atoms with Crippen molar-refractivity contribution in [3.05, 3.63) is 23.2 Å². The van der Waals surface area contributed by atoms with Crippen molar-refractivity contribution in [1.82, 2.24) is 0 Å². The number of hydrogen-bond acceptors (Lipinski definition) is 5. The molecule has 0 aliphatic carbocycles. The predicted octanol–water partition coefficient (Wildman–Crippen LogP) is 2.26. The summed E-state index contributed by atoms with van der Waals surface area (Å²) in [5.74, 6) is -4.63. The van der Waals surface area contributed by atoms with E-state index >= 15 is 0 Å². The summed E-state index contributed by atoms with van der Waals surface area (Å²) in [6.45, 7) is 1.33. The van der Waals surface area contributed by atoms with E-state index in [1.54, 1.807) is 0 Å². The van der Waals surface area contributed by atoms with E-state index in [-0.39, 0.29) is 6.61 Å². The first-order valence-corrected chi connectivity index (χ1v) is 4.77. The average Bonchev–Trinajstić information content (AvgIpc) is 2.72. The second-order valence-corrected chi connectivity index (χ2v) is 3.06. The van der Waals surface area contributed by atoms with Crippen LogP contribution in [0.2, 0.25) is 0 Å². The predicted molar refractivity (Wildman–Crippen MR) is 51.0 cm³/mol. The summed E-state index contributed by atoms with van der Waals surface area (Å²) >= 11 is 0. The maximum Gasteiger partial charge on any atom is 0.450 e. The van der Waals surface area contributed by atoms with Crippen molar-refractivity contribution in [2.24, 2.45) is 0 Å². The summed E-state index contributed by atoms with van der Waals surface area (Å²) in [6.07, 6.45) is -4.91. The van der Waals surface area contributed by atoms with Crippen molar-refractivity contribution in [2.45, 2.75) is 13.1 Å². The van der Waals surface area contributed by atoms with Crippen LogP contribution in [-0.2, 0) is 15.7 Å². The van der Waals surface area contributed by atoms with E-state index in [0.29, 0.717) is 6.07 Å². The lowest BCUT2D eigenvalue weighted by Gasteiger charge is -2.05. The maximum atomic E-state index is 12.6. The first-order chi connectivity index (χ1) is 8.31. The topological polar surface area (TPSA) is 65.7 Å². The minimum absolute atomic E-state index is 0.102. The van der Waals surface area contributed by atoms with Crippen LogP contribution in [0.1, 0.15) is 33.6 Å². The van der Waals surface area contributed by atoms with Gasteiger partial charge in [0.25, 0.3) is 0 Å². The summed E-state index contributed by atoms with van der Waals surface area (Å²) in [4.78, 5) is 22.4. The van der Waals surface area contributed by atoms with Gasteiger partial charge in [-0.25, -0.2) is 9.59 Å². The molecular weight excluding hydrogens is 257 g/mol. The quantitative estimate of drug-likeness (QED) is 0.785. The number of halogens is 3. The van der Waals surface area contributed by atoms with Crippen LogP contribution >= 0.6 is 0 Å². The van der Waals surface area contributed by atoms with Gasteiger partial charge in [-0.15, -0.1) is 0 Å². The minimum Gasteiger partial charge on any atom is -0.463 e. The zero-order valence-electron chi connectivity index (χ0n) is 9.46. The van der Waals surface area contributed by atoms with Crippen molar-refractivity contribution in [3.8, 4) is 0 Å². The van der Waals surface area contributed by atoms with Crippen LogP contribution in [0.25, 0.3) is 0 Å². The third kappa shape index (κ3) is 2.82. The Hall–Kier alpha value is -1.99. The van der Waals surface area contributed by atoms with E-state index in [2.05, 4.69) is 13.9 Å². The van der Waals surface area contributed by atoms with Crippen molar-refractivity contribution in [1.29, 1.82) is 0 Å². The van der Waals surface area contributed by atoms with Crippen LogP contribution in [0.4, 0.5) is 13.2 Å². The molecule has 0 aromatic carbocycles. The van der Waals surface area contributed by atoms with Gasteiger partial charge in [-0.05, 0) is 6.92 Å². The van der Waals surface area contributed by atoms with Gasteiger partial charge in [0.1, 0.15) is 5.56 Å². The fourth-order valence-corrected chi connectivity index (χ4v) is 1.16. The third-order valence-corrected chi connectivity index (χ3v) is 1.87. The Labute approximate surface area is 99.5 Å². The van der Waals surface area contributed by atoms with Crippen LogP contribution in [0, 0.1) is 0 Å². The lowest BCUT2D eigenvalue weighted by Crippen LogP contribution is -2.12. The summed E-state index contributed by atoms with van der Waals surface area (Å²) < 4.78 is 50.7. The van der Waals surface area contributed by atoms with Gasteiger partial charge in [-0.1, -0.05) is 0 Å². The number of carbonyl (C=O) groups excluding carboxylic acids is 2. The molecule has 0 amide bonds. The Morgan fingerprint density at radius 2 is 1.94 bits per heavy atom. The molecule has 0 aliphatic rings. The van der Waals surface area contributed by atoms with Gasteiger partial charge in [0.2, 0.25) is 11.5 Å². The molecule has 1 rings (SSSR count). The highest BCUT2D eigenvalue weighted by Gasteiger charge is 2.41. The van der Waals surface area contributed by atoms with Gasteiger partial charge in [-0.2, -0.15) is 13.2 Å². The standard InChI is InChI=1S/C10H9F3O5/c1-3-17-8(14)5-4-6(9(15)16-2)18-7(5)10(11,12)13/h4H,3H2,1-2H3.